The second-order valence-electron chi connectivity index (χ2n) is 4.73. The number of anilines is 1. The lowest BCUT2D eigenvalue weighted by Crippen LogP contribution is -2.39. The van der Waals surface area contributed by atoms with Gasteiger partial charge in [-0.2, -0.15) is 0 Å². The Labute approximate surface area is 119 Å². The van der Waals surface area contributed by atoms with Crippen molar-refractivity contribution < 1.29 is 4.79 Å². The van der Waals surface area contributed by atoms with E-state index >= 15 is 0 Å². The van der Waals surface area contributed by atoms with Crippen LogP contribution in [-0.2, 0) is 0 Å². The smallest absolute Gasteiger partial charge is 0.321 e. The maximum atomic E-state index is 12.3. The van der Waals surface area contributed by atoms with Crippen LogP contribution in [-0.4, -0.2) is 30.6 Å². The monoisotopic (exact) mass is 271 g/mol. The second-order valence-corrected chi connectivity index (χ2v) is 4.73. The van der Waals surface area contributed by atoms with Crippen LogP contribution < -0.4 is 11.1 Å². The molecular formula is C16H21N3O. The lowest BCUT2D eigenvalue weighted by Gasteiger charge is -2.22. The van der Waals surface area contributed by atoms with Crippen LogP contribution in [0.4, 0.5) is 10.5 Å². The maximum Gasteiger partial charge on any atom is 0.321 e. The molecule has 20 heavy (non-hydrogen) atoms. The Balaban J connectivity index is 2.20. The predicted octanol–water partition coefficient (Wildman–Crippen LogP) is 3.04. The highest BCUT2D eigenvalue weighted by Crippen LogP contribution is 2.23. The van der Waals surface area contributed by atoms with Gasteiger partial charge in [0.2, 0.25) is 0 Å². The first kappa shape index (κ1) is 14.3. The van der Waals surface area contributed by atoms with Gasteiger partial charge in [-0.15, -0.1) is 0 Å². The number of hydrogen-bond donors (Lipinski definition) is 2. The van der Waals surface area contributed by atoms with Crippen molar-refractivity contribution in [2.45, 2.75) is 13.3 Å². The summed E-state index contributed by atoms with van der Waals surface area (Å²) in [5.74, 6) is 0. The SMILES string of the molecule is CCCN(CCN)C(=O)Nc1cccc2ccccc12. The number of nitrogens with two attached hydrogens (primary N) is 1. The highest BCUT2D eigenvalue weighted by molar-refractivity contribution is 6.01. The minimum Gasteiger partial charge on any atom is -0.329 e. The van der Waals surface area contributed by atoms with E-state index in [1.54, 1.807) is 4.90 Å². The summed E-state index contributed by atoms with van der Waals surface area (Å²) in [4.78, 5) is 14.0. The van der Waals surface area contributed by atoms with Gasteiger partial charge in [-0.25, -0.2) is 4.79 Å². The number of benzene rings is 2. The van der Waals surface area contributed by atoms with Gasteiger partial charge in [0, 0.05) is 25.0 Å². The van der Waals surface area contributed by atoms with Crippen molar-refractivity contribution in [1.82, 2.24) is 4.90 Å². The Hall–Kier alpha value is -2.07. The van der Waals surface area contributed by atoms with E-state index in [4.69, 9.17) is 5.73 Å². The molecule has 0 spiro atoms. The van der Waals surface area contributed by atoms with Crippen LogP contribution >= 0.6 is 0 Å². The molecule has 2 amide bonds. The summed E-state index contributed by atoms with van der Waals surface area (Å²) in [5.41, 5.74) is 6.40. The molecule has 0 radical (unpaired) electrons. The molecule has 2 rings (SSSR count). The Kier molecular flexibility index (Phi) is 4.96. The third kappa shape index (κ3) is 3.27. The van der Waals surface area contributed by atoms with Crippen molar-refractivity contribution in [3.63, 3.8) is 0 Å². The van der Waals surface area contributed by atoms with Crippen LogP contribution in [0.5, 0.6) is 0 Å². The summed E-state index contributed by atoms with van der Waals surface area (Å²) in [7, 11) is 0. The number of carbonyl (C=O) groups is 1. The zero-order valence-corrected chi connectivity index (χ0v) is 11.8. The van der Waals surface area contributed by atoms with Crippen molar-refractivity contribution >= 4 is 22.5 Å². The van der Waals surface area contributed by atoms with E-state index in [1.807, 2.05) is 42.5 Å². The van der Waals surface area contributed by atoms with Crippen molar-refractivity contribution in [3.05, 3.63) is 42.5 Å². The Bertz CT molecular complexity index is 571. The minimum absolute atomic E-state index is 0.0892. The molecule has 0 saturated heterocycles. The molecule has 0 heterocycles. The third-order valence-electron chi connectivity index (χ3n) is 3.21. The third-order valence-corrected chi connectivity index (χ3v) is 3.21. The largest absolute Gasteiger partial charge is 0.329 e. The molecule has 0 atom stereocenters. The fourth-order valence-electron chi connectivity index (χ4n) is 2.27. The van der Waals surface area contributed by atoms with Crippen LogP contribution in [0, 0.1) is 0 Å². The first-order valence-electron chi connectivity index (χ1n) is 7.00. The molecule has 0 fully saturated rings. The number of hydrogen-bond acceptors (Lipinski definition) is 2. The van der Waals surface area contributed by atoms with E-state index in [0.29, 0.717) is 19.6 Å². The highest BCUT2D eigenvalue weighted by atomic mass is 16.2. The molecule has 4 heteroatoms. The van der Waals surface area contributed by atoms with E-state index < -0.39 is 0 Å². The van der Waals surface area contributed by atoms with E-state index in [2.05, 4.69) is 12.2 Å². The molecular weight excluding hydrogens is 250 g/mol. The van der Waals surface area contributed by atoms with Gasteiger partial charge >= 0.3 is 6.03 Å². The van der Waals surface area contributed by atoms with Gasteiger partial charge in [0.1, 0.15) is 0 Å². The number of rotatable bonds is 5. The van der Waals surface area contributed by atoms with Crippen LogP contribution in [0.1, 0.15) is 13.3 Å². The molecule has 0 bridgehead atoms. The molecule has 3 N–H and O–H groups in total. The first-order valence-corrected chi connectivity index (χ1v) is 7.00. The Morgan fingerprint density at radius 2 is 1.90 bits per heavy atom. The van der Waals surface area contributed by atoms with Crippen molar-refractivity contribution in [1.29, 1.82) is 0 Å². The molecule has 0 aromatic heterocycles. The van der Waals surface area contributed by atoms with Gasteiger partial charge in [0.05, 0.1) is 5.69 Å². The van der Waals surface area contributed by atoms with Crippen molar-refractivity contribution in [2.75, 3.05) is 25.0 Å². The summed E-state index contributed by atoms with van der Waals surface area (Å²) < 4.78 is 0. The lowest BCUT2D eigenvalue weighted by atomic mass is 10.1. The number of fused-ring (bicyclic) bond motifs is 1. The quantitative estimate of drug-likeness (QED) is 0.878. The fourth-order valence-corrected chi connectivity index (χ4v) is 2.27. The summed E-state index contributed by atoms with van der Waals surface area (Å²) in [6, 6.07) is 13.8. The van der Waals surface area contributed by atoms with E-state index in [0.717, 1.165) is 22.9 Å². The van der Waals surface area contributed by atoms with Crippen LogP contribution in [0.2, 0.25) is 0 Å². The van der Waals surface area contributed by atoms with E-state index in [9.17, 15) is 4.79 Å². The van der Waals surface area contributed by atoms with Gasteiger partial charge < -0.3 is 16.0 Å². The number of carbonyl (C=O) groups excluding carboxylic acids is 1. The standard InChI is InChI=1S/C16H21N3O/c1-2-11-19(12-10-17)16(20)18-15-9-5-7-13-6-3-4-8-14(13)15/h3-9H,2,10-12,17H2,1H3,(H,18,20). The molecule has 4 nitrogen and oxygen atoms in total. The molecule has 0 saturated carbocycles. The van der Waals surface area contributed by atoms with E-state index in [-0.39, 0.29) is 6.03 Å². The van der Waals surface area contributed by atoms with Gasteiger partial charge in [-0.3, -0.25) is 0 Å². The summed E-state index contributed by atoms with van der Waals surface area (Å²) >= 11 is 0. The minimum atomic E-state index is -0.0892. The van der Waals surface area contributed by atoms with Gasteiger partial charge in [-0.1, -0.05) is 43.3 Å². The summed E-state index contributed by atoms with van der Waals surface area (Å²) in [6.45, 7) is 3.82. The Morgan fingerprint density at radius 3 is 2.65 bits per heavy atom. The second kappa shape index (κ2) is 6.91. The Morgan fingerprint density at radius 1 is 1.15 bits per heavy atom. The maximum absolute atomic E-state index is 12.3. The molecule has 0 aliphatic carbocycles. The zero-order chi connectivity index (χ0) is 14.4. The molecule has 2 aromatic rings. The molecule has 0 aliphatic heterocycles. The number of nitrogens with one attached hydrogen (secondary N) is 1. The topological polar surface area (TPSA) is 58.4 Å². The zero-order valence-electron chi connectivity index (χ0n) is 11.8. The molecule has 0 aliphatic rings. The predicted molar refractivity (Wildman–Crippen MR) is 83.9 cm³/mol. The molecule has 106 valence electrons. The van der Waals surface area contributed by atoms with Gasteiger partial charge in [-0.05, 0) is 17.9 Å². The van der Waals surface area contributed by atoms with Crippen LogP contribution in [0.15, 0.2) is 42.5 Å². The van der Waals surface area contributed by atoms with E-state index in [1.165, 1.54) is 0 Å². The number of amides is 2. The first-order chi connectivity index (χ1) is 9.76. The van der Waals surface area contributed by atoms with Crippen LogP contribution in [0.3, 0.4) is 0 Å². The lowest BCUT2D eigenvalue weighted by molar-refractivity contribution is 0.213. The van der Waals surface area contributed by atoms with Gasteiger partial charge in [0.25, 0.3) is 0 Å². The number of nitrogens with zero attached hydrogens (tertiary/aromatic N) is 1. The van der Waals surface area contributed by atoms with Gasteiger partial charge in [0.15, 0.2) is 0 Å². The summed E-state index contributed by atoms with van der Waals surface area (Å²) in [5, 5.41) is 5.15. The summed E-state index contributed by atoms with van der Waals surface area (Å²) in [6.07, 6.45) is 0.920. The highest BCUT2D eigenvalue weighted by Gasteiger charge is 2.12. The number of urea groups is 1. The molecule has 2 aromatic carbocycles. The van der Waals surface area contributed by atoms with Crippen molar-refractivity contribution in [3.8, 4) is 0 Å². The van der Waals surface area contributed by atoms with Crippen LogP contribution in [0.25, 0.3) is 10.8 Å². The average Bonchev–Trinajstić information content (AvgIpc) is 2.47. The average molecular weight is 271 g/mol. The fraction of sp³-hybridized carbons (Fsp3) is 0.312. The normalized spacial score (nSPS) is 10.5. The molecule has 0 unspecified atom stereocenters. The van der Waals surface area contributed by atoms with Crippen molar-refractivity contribution in [2.24, 2.45) is 5.73 Å².